The summed E-state index contributed by atoms with van der Waals surface area (Å²) >= 11 is 0. The zero-order valence-corrected chi connectivity index (χ0v) is 34.0. The van der Waals surface area contributed by atoms with Crippen molar-refractivity contribution in [2.45, 2.75) is 121 Å². The number of hydrogen-bond donors (Lipinski definition) is 1. The Morgan fingerprint density at radius 2 is 1.24 bits per heavy atom. The van der Waals surface area contributed by atoms with Gasteiger partial charge in [-0.3, -0.25) is 4.79 Å². The predicted octanol–water partition coefficient (Wildman–Crippen LogP) is 9.42. The van der Waals surface area contributed by atoms with Crippen molar-refractivity contribution in [3.05, 3.63) is 53.6 Å². The number of benzene rings is 2. The molecule has 1 aliphatic carbocycles. The average Bonchev–Trinajstić information content (AvgIpc) is 3.38. The Bertz CT molecular complexity index is 1320. The molecule has 0 saturated carbocycles. The molecule has 0 aliphatic heterocycles. The second kappa shape index (κ2) is 30.1. The molecule has 3 rings (SSSR count). The summed E-state index contributed by atoms with van der Waals surface area (Å²) in [6.45, 7) is 1.79. The molecule has 8 nitrogen and oxygen atoms in total. The van der Waals surface area contributed by atoms with Gasteiger partial charge in [0.05, 0.1) is 6.61 Å². The van der Waals surface area contributed by atoms with Crippen LogP contribution in [0.25, 0.3) is 11.1 Å². The summed E-state index contributed by atoms with van der Waals surface area (Å²) in [4.78, 5) is 33.6. The fourth-order valence-corrected chi connectivity index (χ4v) is 8.28. The topological polar surface area (TPSA) is 124 Å². The van der Waals surface area contributed by atoms with Gasteiger partial charge in [-0.25, -0.2) is 0 Å². The van der Waals surface area contributed by atoms with Crippen molar-refractivity contribution in [3.8, 4) is 11.1 Å². The minimum Gasteiger partial charge on any atom is -0.652 e. The van der Waals surface area contributed by atoms with E-state index in [0.717, 1.165) is 59.9 Å². The van der Waals surface area contributed by atoms with E-state index in [1.165, 1.54) is 95.0 Å². The summed E-state index contributed by atoms with van der Waals surface area (Å²) in [6, 6.07) is 14.2. The molecular formula is C37H52NO7S3Y-. The third-order valence-electron chi connectivity index (χ3n) is 8.41. The van der Waals surface area contributed by atoms with E-state index in [1.807, 2.05) is 45.9 Å². The van der Waals surface area contributed by atoms with Crippen LogP contribution in [0.3, 0.4) is 0 Å². The predicted molar refractivity (Wildman–Crippen MR) is 198 cm³/mol. The van der Waals surface area contributed by atoms with Crippen LogP contribution in [0.4, 0.5) is 5.69 Å². The normalized spacial score (nSPS) is 12.4. The number of ether oxygens (including phenoxy) is 1. The van der Waals surface area contributed by atoms with Gasteiger partial charge in [-0.1, -0.05) is 135 Å². The maximum Gasteiger partial charge on any atom is 0.425 e. The molecule has 49 heavy (non-hydrogen) atoms. The molecule has 0 saturated heterocycles. The fourth-order valence-electron chi connectivity index (χ4n) is 5.98. The molecule has 1 amide bonds. The number of fused-ring (bicyclic) bond motifs is 3. The van der Waals surface area contributed by atoms with Crippen LogP contribution in [0.5, 0.6) is 0 Å². The molecule has 1 unspecified atom stereocenters. The van der Waals surface area contributed by atoms with E-state index in [1.54, 1.807) is 6.47 Å². The molecule has 1 atom stereocenters. The largest absolute Gasteiger partial charge is 0.652 e. The van der Waals surface area contributed by atoms with Gasteiger partial charge in [-0.2, -0.15) is 0 Å². The van der Waals surface area contributed by atoms with Gasteiger partial charge < -0.3 is 19.6 Å². The molecule has 0 bridgehead atoms. The van der Waals surface area contributed by atoms with Crippen LogP contribution in [0.2, 0.25) is 0 Å². The first-order valence-corrected chi connectivity index (χ1v) is 20.9. The number of unbranched alkanes of at least 4 members (excludes halogenated alkanes) is 15. The number of carbonyl (C=O) groups is 2. The number of rotatable bonds is 27. The van der Waals surface area contributed by atoms with Gasteiger partial charge in [-0.15, -0.1) is 12.6 Å². The Morgan fingerprint density at radius 1 is 0.735 bits per heavy atom. The monoisotopic (exact) mass is 807 g/mol. The van der Waals surface area contributed by atoms with Crippen LogP contribution in [0.15, 0.2) is 42.5 Å². The number of aldehydes is 1. The smallest absolute Gasteiger partial charge is 0.425 e. The SMILES string of the molecule is O=S(=O)=O.O=[C-]OCC1c2ccccc2-c2ccc(NC(=O)CCCCCCCCCCSSCCCCCCCCCCC=O)cc21.[Y]. The number of hydrogen-bond acceptors (Lipinski definition) is 9. The van der Waals surface area contributed by atoms with Crippen molar-refractivity contribution >= 4 is 56.5 Å². The van der Waals surface area contributed by atoms with E-state index in [2.05, 4.69) is 23.5 Å². The van der Waals surface area contributed by atoms with Crippen LogP contribution in [0, 0.1) is 0 Å². The zero-order valence-electron chi connectivity index (χ0n) is 28.7. The molecule has 2 aromatic rings. The van der Waals surface area contributed by atoms with Crippen LogP contribution < -0.4 is 5.32 Å². The first kappa shape index (κ1) is 45.5. The minimum atomic E-state index is -3.11. The third kappa shape index (κ3) is 20.8. The Morgan fingerprint density at radius 3 is 1.82 bits per heavy atom. The molecular weight excluding hydrogens is 756 g/mol. The summed E-state index contributed by atoms with van der Waals surface area (Å²) in [7, 11) is 0.986. The number of amides is 1. The summed E-state index contributed by atoms with van der Waals surface area (Å²) in [5.74, 6) is 2.57. The number of anilines is 1. The van der Waals surface area contributed by atoms with Crippen LogP contribution in [-0.4, -0.2) is 49.4 Å². The van der Waals surface area contributed by atoms with Gasteiger partial charge in [0, 0.05) is 68.7 Å². The van der Waals surface area contributed by atoms with Crippen LogP contribution >= 0.6 is 21.6 Å². The minimum absolute atomic E-state index is 0. The van der Waals surface area contributed by atoms with Crippen molar-refractivity contribution < 1.29 is 64.5 Å². The first-order chi connectivity index (χ1) is 23.5. The quantitative estimate of drug-likeness (QED) is 0.0407. The van der Waals surface area contributed by atoms with E-state index in [9.17, 15) is 14.4 Å². The Hall–Kier alpha value is -1.53. The summed E-state index contributed by atoms with van der Waals surface area (Å²) < 4.78 is 30.3. The zero-order chi connectivity index (χ0) is 34.7. The van der Waals surface area contributed by atoms with Gasteiger partial charge in [0.2, 0.25) is 5.91 Å². The standard InChI is InChI=1S/C37H52NO4S2.O3S.Y/c39-25-17-11-7-3-1-4-8-12-18-26-43-44-27-19-13-9-5-2-6-10-14-22-37(41)38-31-23-24-34-32-20-15-16-21-33(32)36(29-42-30-40)35(34)28-31;1-4(2)3;/h15-16,20-21,23-25,28,36H,1-14,17-19,22,26-27,29H2,(H,38,41);;/q-1;;. The molecule has 12 heteroatoms. The maximum absolute atomic E-state index is 12.6. The van der Waals surface area contributed by atoms with Crippen molar-refractivity contribution in [2.24, 2.45) is 0 Å². The molecule has 269 valence electrons. The van der Waals surface area contributed by atoms with Gasteiger partial charge in [0.15, 0.2) is 0 Å². The van der Waals surface area contributed by atoms with Crippen LogP contribution in [0.1, 0.15) is 133 Å². The average molecular weight is 808 g/mol. The molecule has 1 aliphatic rings. The molecule has 1 N–H and O–H groups in total. The second-order valence-electron chi connectivity index (χ2n) is 12.1. The fraction of sp³-hybridized carbons (Fsp3) is 0.595. The van der Waals surface area contributed by atoms with Gasteiger partial charge in [-0.05, 0) is 60.1 Å². The van der Waals surface area contributed by atoms with Gasteiger partial charge in [0.1, 0.15) is 6.29 Å². The Balaban J connectivity index is 0.00000227. The molecule has 0 aromatic heterocycles. The summed E-state index contributed by atoms with van der Waals surface area (Å²) in [6.07, 6.45) is 22.4. The molecule has 0 fully saturated rings. The van der Waals surface area contributed by atoms with Crippen LogP contribution in [-0.2, 0) is 62.4 Å². The van der Waals surface area contributed by atoms with Crippen molar-refractivity contribution in [2.75, 3.05) is 23.4 Å². The van der Waals surface area contributed by atoms with Crippen molar-refractivity contribution in [1.29, 1.82) is 0 Å². The molecule has 0 spiro atoms. The van der Waals surface area contributed by atoms with E-state index >= 15 is 0 Å². The van der Waals surface area contributed by atoms with Gasteiger partial charge >= 0.3 is 10.6 Å². The molecule has 2 aromatic carbocycles. The van der Waals surface area contributed by atoms with Crippen molar-refractivity contribution in [1.82, 2.24) is 0 Å². The Kier molecular flexibility index (Phi) is 28.0. The number of carbonyl (C=O) groups excluding carboxylic acids is 3. The second-order valence-corrected chi connectivity index (χ2v) is 15.2. The first-order valence-electron chi connectivity index (χ1n) is 17.4. The number of nitrogens with one attached hydrogen (secondary N) is 1. The molecule has 1 radical (unpaired) electrons. The van der Waals surface area contributed by atoms with E-state index in [-0.39, 0.29) is 51.1 Å². The summed E-state index contributed by atoms with van der Waals surface area (Å²) in [5.41, 5.74) is 5.30. The van der Waals surface area contributed by atoms with E-state index in [4.69, 9.17) is 17.4 Å². The third-order valence-corrected chi connectivity index (χ3v) is 11.0. The Labute approximate surface area is 328 Å². The summed E-state index contributed by atoms with van der Waals surface area (Å²) in [5, 5.41) is 3.07. The maximum atomic E-state index is 12.6. The van der Waals surface area contributed by atoms with Gasteiger partial charge in [0.25, 0.3) is 0 Å². The molecule has 0 heterocycles. The van der Waals surface area contributed by atoms with E-state index < -0.39 is 10.6 Å². The van der Waals surface area contributed by atoms with Crippen molar-refractivity contribution in [3.63, 3.8) is 0 Å². The van der Waals surface area contributed by atoms with E-state index in [0.29, 0.717) is 6.42 Å².